The molecule has 0 aliphatic heterocycles. The predicted octanol–water partition coefficient (Wildman–Crippen LogP) is 4.72. The molecule has 0 bridgehead atoms. The minimum absolute atomic E-state index is 0.471. The van der Waals surface area contributed by atoms with E-state index in [0.717, 1.165) is 23.1 Å². The van der Waals surface area contributed by atoms with Gasteiger partial charge in [-0.25, -0.2) is 0 Å². The van der Waals surface area contributed by atoms with Crippen molar-refractivity contribution in [2.75, 3.05) is 0 Å². The highest BCUT2D eigenvalue weighted by molar-refractivity contribution is 7.98. The highest BCUT2D eigenvalue weighted by Gasteiger charge is 2.06. The summed E-state index contributed by atoms with van der Waals surface area (Å²) in [5.41, 5.74) is 1.27. The van der Waals surface area contributed by atoms with Crippen LogP contribution in [0.3, 0.4) is 0 Å². The first kappa shape index (κ1) is 14.5. The predicted molar refractivity (Wildman–Crippen MR) is 81.7 cm³/mol. The van der Waals surface area contributed by atoms with Gasteiger partial charge in [-0.15, -0.1) is 11.8 Å². The van der Waals surface area contributed by atoms with Crippen LogP contribution >= 0.6 is 23.4 Å². The maximum absolute atomic E-state index is 6.08. The summed E-state index contributed by atoms with van der Waals surface area (Å²) >= 11 is 7.84. The lowest BCUT2D eigenvalue weighted by Crippen LogP contribution is -2.22. The van der Waals surface area contributed by atoms with Crippen LogP contribution in [0.2, 0.25) is 5.02 Å². The van der Waals surface area contributed by atoms with E-state index in [1.165, 1.54) is 10.5 Å². The second kappa shape index (κ2) is 7.04. The Balaban J connectivity index is 2.06. The van der Waals surface area contributed by atoms with Crippen molar-refractivity contribution in [1.82, 2.24) is 5.32 Å². The summed E-state index contributed by atoms with van der Waals surface area (Å²) in [4.78, 5) is 1.21. The molecule has 0 radical (unpaired) electrons. The molecule has 19 heavy (non-hydrogen) atoms. The van der Waals surface area contributed by atoms with Crippen LogP contribution in [0, 0.1) is 0 Å². The molecular weight excluding hydrogens is 278 g/mol. The molecule has 0 amide bonds. The van der Waals surface area contributed by atoms with E-state index in [1.54, 1.807) is 18.0 Å². The van der Waals surface area contributed by atoms with Crippen LogP contribution in [0.15, 0.2) is 45.9 Å². The first-order valence-electron chi connectivity index (χ1n) is 6.32. The molecule has 0 aliphatic carbocycles. The lowest BCUT2D eigenvalue weighted by atomic mass is 10.2. The molecule has 2 rings (SSSR count). The maximum atomic E-state index is 6.08. The first-order valence-corrected chi connectivity index (χ1v) is 7.68. The maximum Gasteiger partial charge on any atom is 0.113 e. The van der Waals surface area contributed by atoms with E-state index in [-0.39, 0.29) is 0 Å². The lowest BCUT2D eigenvalue weighted by molar-refractivity contribution is 0.530. The van der Waals surface area contributed by atoms with Crippen LogP contribution in [0.5, 0.6) is 0 Å². The highest BCUT2D eigenvalue weighted by atomic mass is 35.5. The van der Waals surface area contributed by atoms with E-state index in [0.29, 0.717) is 6.04 Å². The Hall–Kier alpha value is -0.900. The van der Waals surface area contributed by atoms with E-state index in [9.17, 15) is 0 Å². The number of hydrogen-bond acceptors (Lipinski definition) is 3. The summed E-state index contributed by atoms with van der Waals surface area (Å²) in [6.45, 7) is 5.15. The van der Waals surface area contributed by atoms with E-state index in [1.807, 2.05) is 24.3 Å². The third-order valence-electron chi connectivity index (χ3n) is 2.68. The Labute approximate surface area is 123 Å². The molecule has 1 N–H and O–H groups in total. The minimum atomic E-state index is 0.471. The third kappa shape index (κ3) is 4.60. The van der Waals surface area contributed by atoms with Gasteiger partial charge < -0.3 is 9.73 Å². The Kier molecular flexibility index (Phi) is 5.37. The minimum Gasteiger partial charge on any atom is -0.468 e. The molecule has 0 fully saturated rings. The van der Waals surface area contributed by atoms with Crippen molar-refractivity contribution in [2.24, 2.45) is 0 Å². The molecule has 0 saturated carbocycles. The quantitative estimate of drug-likeness (QED) is 0.780. The molecule has 0 atom stereocenters. The van der Waals surface area contributed by atoms with Gasteiger partial charge in [0.25, 0.3) is 0 Å². The Morgan fingerprint density at radius 1 is 1.32 bits per heavy atom. The fourth-order valence-electron chi connectivity index (χ4n) is 1.67. The Morgan fingerprint density at radius 2 is 2.16 bits per heavy atom. The van der Waals surface area contributed by atoms with Crippen LogP contribution in [0.4, 0.5) is 0 Å². The summed E-state index contributed by atoms with van der Waals surface area (Å²) in [5.74, 6) is 1.80. The summed E-state index contributed by atoms with van der Waals surface area (Å²) in [7, 11) is 0. The van der Waals surface area contributed by atoms with Crippen LogP contribution in [-0.2, 0) is 12.3 Å². The van der Waals surface area contributed by atoms with Crippen molar-refractivity contribution in [3.05, 3.63) is 52.9 Å². The smallest absolute Gasteiger partial charge is 0.113 e. The number of thioether (sulfide) groups is 1. The molecule has 2 aromatic rings. The van der Waals surface area contributed by atoms with Crippen LogP contribution < -0.4 is 5.32 Å². The first-order chi connectivity index (χ1) is 9.15. The Morgan fingerprint density at radius 3 is 2.84 bits per heavy atom. The highest BCUT2D eigenvalue weighted by Crippen LogP contribution is 2.29. The normalized spacial score (nSPS) is 11.2. The molecule has 0 spiro atoms. The topological polar surface area (TPSA) is 25.2 Å². The zero-order valence-corrected chi connectivity index (χ0v) is 12.7. The van der Waals surface area contributed by atoms with Crippen molar-refractivity contribution in [3.63, 3.8) is 0 Å². The van der Waals surface area contributed by atoms with Crippen LogP contribution in [0.25, 0.3) is 0 Å². The van der Waals surface area contributed by atoms with Gasteiger partial charge in [0.15, 0.2) is 0 Å². The monoisotopic (exact) mass is 295 g/mol. The molecule has 0 saturated heterocycles. The summed E-state index contributed by atoms with van der Waals surface area (Å²) < 4.78 is 5.35. The largest absolute Gasteiger partial charge is 0.468 e. The summed E-state index contributed by atoms with van der Waals surface area (Å²) in [6, 6.07) is 10.4. The van der Waals surface area contributed by atoms with Gasteiger partial charge in [0.05, 0.1) is 12.0 Å². The number of rotatable bonds is 6. The lowest BCUT2D eigenvalue weighted by Gasteiger charge is -2.12. The molecule has 0 unspecified atom stereocenters. The van der Waals surface area contributed by atoms with Crippen molar-refractivity contribution < 1.29 is 4.42 Å². The molecule has 2 nitrogen and oxygen atoms in total. The molecule has 102 valence electrons. The number of benzene rings is 1. The standard InChI is InChI=1S/C15H18ClNOS/c1-11(2)17-9-12-5-6-13(16)8-15(12)19-10-14-4-3-7-18-14/h3-8,11,17H,9-10H2,1-2H3. The van der Waals surface area contributed by atoms with E-state index >= 15 is 0 Å². The summed E-state index contributed by atoms with van der Waals surface area (Å²) in [5, 5.41) is 4.21. The fraction of sp³-hybridized carbons (Fsp3) is 0.333. The SMILES string of the molecule is CC(C)NCc1ccc(Cl)cc1SCc1ccco1. The zero-order chi connectivity index (χ0) is 13.7. The van der Waals surface area contributed by atoms with Gasteiger partial charge >= 0.3 is 0 Å². The zero-order valence-electron chi connectivity index (χ0n) is 11.2. The average molecular weight is 296 g/mol. The second-order valence-electron chi connectivity index (χ2n) is 4.66. The van der Waals surface area contributed by atoms with Crippen molar-refractivity contribution in [2.45, 2.75) is 37.1 Å². The van der Waals surface area contributed by atoms with Gasteiger partial charge in [-0.1, -0.05) is 31.5 Å². The molecule has 4 heteroatoms. The number of nitrogens with one attached hydrogen (secondary N) is 1. The van der Waals surface area contributed by atoms with Gasteiger partial charge in [0, 0.05) is 22.5 Å². The number of hydrogen-bond donors (Lipinski definition) is 1. The van der Waals surface area contributed by atoms with E-state index in [2.05, 4.69) is 25.2 Å². The van der Waals surface area contributed by atoms with Gasteiger partial charge in [-0.2, -0.15) is 0 Å². The second-order valence-corrected chi connectivity index (χ2v) is 6.11. The average Bonchev–Trinajstić information content (AvgIpc) is 2.88. The molecule has 0 aliphatic rings. The van der Waals surface area contributed by atoms with Crippen molar-refractivity contribution in [1.29, 1.82) is 0 Å². The number of halogens is 1. The van der Waals surface area contributed by atoms with E-state index in [4.69, 9.17) is 16.0 Å². The van der Waals surface area contributed by atoms with Crippen LogP contribution in [0.1, 0.15) is 25.2 Å². The molecular formula is C15H18ClNOS. The van der Waals surface area contributed by atoms with Crippen molar-refractivity contribution >= 4 is 23.4 Å². The van der Waals surface area contributed by atoms with Crippen molar-refractivity contribution in [3.8, 4) is 0 Å². The summed E-state index contributed by atoms with van der Waals surface area (Å²) in [6.07, 6.45) is 1.70. The van der Waals surface area contributed by atoms with Crippen LogP contribution in [-0.4, -0.2) is 6.04 Å². The number of furan rings is 1. The van der Waals surface area contributed by atoms with Gasteiger partial charge in [-0.3, -0.25) is 0 Å². The van der Waals surface area contributed by atoms with Gasteiger partial charge in [0.1, 0.15) is 5.76 Å². The third-order valence-corrected chi connectivity index (χ3v) is 4.03. The molecule has 1 aromatic heterocycles. The van der Waals surface area contributed by atoms with E-state index < -0.39 is 0 Å². The fourth-order valence-corrected chi connectivity index (χ4v) is 2.90. The van der Waals surface area contributed by atoms with Gasteiger partial charge in [-0.05, 0) is 29.8 Å². The Bertz CT molecular complexity index is 511. The van der Waals surface area contributed by atoms with Gasteiger partial charge in [0.2, 0.25) is 0 Å². The molecule has 1 aromatic carbocycles. The molecule has 1 heterocycles.